The molecule has 0 saturated carbocycles. The van der Waals surface area contributed by atoms with Gasteiger partial charge in [-0.3, -0.25) is 14.4 Å². The number of nitrogens with one attached hydrogen (secondary N) is 2. The minimum absolute atomic E-state index is 0.0134. The van der Waals surface area contributed by atoms with Crippen molar-refractivity contribution in [2.75, 3.05) is 19.8 Å². The topological polar surface area (TPSA) is 105 Å². The molecule has 3 N–H and O–H groups in total. The Balaban J connectivity index is 2.47. The number of carbonyl (C=O) groups excluding carboxylic acids is 3. The lowest BCUT2D eigenvalue weighted by Crippen LogP contribution is -2.39. The summed E-state index contributed by atoms with van der Waals surface area (Å²) >= 11 is 0. The van der Waals surface area contributed by atoms with E-state index in [4.69, 9.17) is 9.84 Å². The summed E-state index contributed by atoms with van der Waals surface area (Å²) in [6.45, 7) is 9.03. The van der Waals surface area contributed by atoms with Gasteiger partial charge in [-0.1, -0.05) is 42.5 Å². The Morgan fingerprint density at radius 1 is 1.10 bits per heavy atom. The first-order valence-electron chi connectivity index (χ1n) is 10.5. The molecule has 0 radical (unpaired) electrons. The van der Waals surface area contributed by atoms with E-state index in [2.05, 4.69) is 23.8 Å². The normalized spacial score (nSPS) is 13.4. The van der Waals surface area contributed by atoms with Gasteiger partial charge in [0, 0.05) is 12.5 Å². The van der Waals surface area contributed by atoms with Gasteiger partial charge in [-0.25, -0.2) is 0 Å². The van der Waals surface area contributed by atoms with Crippen molar-refractivity contribution in [2.45, 2.75) is 38.6 Å². The molecule has 3 atom stereocenters. The molecule has 2 amide bonds. The van der Waals surface area contributed by atoms with Crippen LogP contribution >= 0.6 is 0 Å². The summed E-state index contributed by atoms with van der Waals surface area (Å²) in [5.74, 6) is -1.87. The number of hydrogen-bond donors (Lipinski definition) is 3. The first kappa shape index (κ1) is 26.1. The Kier molecular flexibility index (Phi) is 12.6. The Bertz CT molecular complexity index is 720. The molecule has 0 spiro atoms. The maximum Gasteiger partial charge on any atom is 0.309 e. The van der Waals surface area contributed by atoms with E-state index in [1.807, 2.05) is 30.3 Å². The molecule has 1 aromatic rings. The highest BCUT2D eigenvalue weighted by atomic mass is 16.5. The molecule has 0 aromatic heterocycles. The molecule has 0 unspecified atom stereocenters. The van der Waals surface area contributed by atoms with Gasteiger partial charge in [-0.15, -0.1) is 13.2 Å². The van der Waals surface area contributed by atoms with Crippen LogP contribution in [0.25, 0.3) is 0 Å². The molecule has 170 valence electrons. The van der Waals surface area contributed by atoms with Crippen molar-refractivity contribution in [3.8, 4) is 0 Å². The van der Waals surface area contributed by atoms with Gasteiger partial charge in [0.1, 0.15) is 6.61 Å². The number of allylic oxidation sites excluding steroid dienone is 2. The van der Waals surface area contributed by atoms with Crippen LogP contribution in [0.2, 0.25) is 0 Å². The molecule has 0 saturated heterocycles. The monoisotopic (exact) mass is 430 g/mol. The molecule has 7 heteroatoms. The van der Waals surface area contributed by atoms with Crippen LogP contribution in [0.15, 0.2) is 55.6 Å². The van der Waals surface area contributed by atoms with Crippen molar-refractivity contribution < 1.29 is 24.2 Å². The number of aliphatic hydroxyl groups is 1. The van der Waals surface area contributed by atoms with Crippen LogP contribution in [0.4, 0.5) is 0 Å². The molecule has 0 bridgehead atoms. The van der Waals surface area contributed by atoms with Crippen LogP contribution in [0.5, 0.6) is 0 Å². The van der Waals surface area contributed by atoms with Gasteiger partial charge in [-0.2, -0.15) is 0 Å². The highest BCUT2D eigenvalue weighted by Crippen LogP contribution is 2.15. The number of hydrogen-bond acceptors (Lipinski definition) is 5. The SMILES string of the molecule is C=CC[C@@H](CC(=O)N[C@@H](C)CO)C(=O)NCCOC(=O)[C@H](CC=C)Cc1ccccc1. The highest BCUT2D eigenvalue weighted by Gasteiger charge is 2.22. The van der Waals surface area contributed by atoms with E-state index in [1.54, 1.807) is 19.1 Å². The van der Waals surface area contributed by atoms with Crippen molar-refractivity contribution in [1.29, 1.82) is 0 Å². The molecule has 7 nitrogen and oxygen atoms in total. The maximum absolute atomic E-state index is 12.4. The molecule has 1 rings (SSSR count). The van der Waals surface area contributed by atoms with Gasteiger partial charge in [0.25, 0.3) is 0 Å². The van der Waals surface area contributed by atoms with Gasteiger partial charge in [-0.05, 0) is 31.7 Å². The summed E-state index contributed by atoms with van der Waals surface area (Å²) in [5, 5.41) is 14.3. The first-order chi connectivity index (χ1) is 14.9. The van der Waals surface area contributed by atoms with Crippen LogP contribution in [0.1, 0.15) is 31.7 Å². The third-order valence-corrected chi connectivity index (χ3v) is 4.69. The number of esters is 1. The zero-order valence-corrected chi connectivity index (χ0v) is 18.2. The van der Waals surface area contributed by atoms with E-state index in [0.29, 0.717) is 19.3 Å². The zero-order chi connectivity index (χ0) is 23.1. The van der Waals surface area contributed by atoms with Crippen molar-refractivity contribution in [3.05, 3.63) is 61.2 Å². The summed E-state index contributed by atoms with van der Waals surface area (Å²) in [6, 6.07) is 9.31. The van der Waals surface area contributed by atoms with Crippen molar-refractivity contribution >= 4 is 17.8 Å². The fraction of sp³-hybridized carbons (Fsp3) is 0.458. The number of rotatable bonds is 15. The van der Waals surface area contributed by atoms with E-state index >= 15 is 0 Å². The Morgan fingerprint density at radius 2 is 1.74 bits per heavy atom. The minimum Gasteiger partial charge on any atom is -0.464 e. The average molecular weight is 431 g/mol. The van der Waals surface area contributed by atoms with Gasteiger partial charge in [0.2, 0.25) is 11.8 Å². The van der Waals surface area contributed by atoms with Gasteiger partial charge in [0.15, 0.2) is 0 Å². The zero-order valence-electron chi connectivity index (χ0n) is 18.2. The second-order valence-corrected chi connectivity index (χ2v) is 7.45. The molecule has 0 heterocycles. The van der Waals surface area contributed by atoms with E-state index < -0.39 is 5.92 Å². The molecule has 0 aliphatic rings. The Morgan fingerprint density at radius 3 is 2.35 bits per heavy atom. The third kappa shape index (κ3) is 10.6. The predicted molar refractivity (Wildman–Crippen MR) is 120 cm³/mol. The molecule has 1 aromatic carbocycles. The Labute approximate surface area is 184 Å². The quantitative estimate of drug-likeness (QED) is 0.225. The predicted octanol–water partition coefficient (Wildman–Crippen LogP) is 2.16. The number of carbonyl (C=O) groups is 3. The van der Waals surface area contributed by atoms with Gasteiger partial charge < -0.3 is 20.5 Å². The summed E-state index contributed by atoms with van der Waals surface area (Å²) in [5.41, 5.74) is 1.04. The smallest absolute Gasteiger partial charge is 0.309 e. The van der Waals surface area contributed by atoms with Crippen LogP contribution in [0.3, 0.4) is 0 Å². The van der Waals surface area contributed by atoms with Crippen molar-refractivity contribution in [1.82, 2.24) is 10.6 Å². The molecule has 31 heavy (non-hydrogen) atoms. The average Bonchev–Trinajstić information content (AvgIpc) is 2.76. The minimum atomic E-state index is -0.578. The van der Waals surface area contributed by atoms with Crippen molar-refractivity contribution in [3.63, 3.8) is 0 Å². The maximum atomic E-state index is 12.4. The highest BCUT2D eigenvalue weighted by molar-refractivity contribution is 5.86. The molecular formula is C24H34N2O5. The summed E-state index contributed by atoms with van der Waals surface area (Å²) < 4.78 is 5.34. The number of aliphatic hydroxyl groups excluding tert-OH is 1. The van der Waals surface area contributed by atoms with Crippen LogP contribution < -0.4 is 10.6 Å². The second-order valence-electron chi connectivity index (χ2n) is 7.45. The fourth-order valence-electron chi connectivity index (χ4n) is 3.04. The fourth-order valence-corrected chi connectivity index (χ4v) is 3.04. The van der Waals surface area contributed by atoms with E-state index in [1.165, 1.54) is 0 Å². The van der Waals surface area contributed by atoms with Gasteiger partial charge in [0.05, 0.1) is 25.0 Å². The number of ether oxygens (including phenoxy) is 1. The Hall–Kier alpha value is -2.93. The van der Waals surface area contributed by atoms with Crippen molar-refractivity contribution in [2.24, 2.45) is 11.8 Å². The lowest BCUT2D eigenvalue weighted by molar-refractivity contribution is -0.148. The summed E-state index contributed by atoms with van der Waals surface area (Å²) in [7, 11) is 0. The first-order valence-corrected chi connectivity index (χ1v) is 10.5. The third-order valence-electron chi connectivity index (χ3n) is 4.69. The van der Waals surface area contributed by atoms with E-state index in [0.717, 1.165) is 5.56 Å². The standard InChI is InChI=1S/C24H34N2O5/c1-4-9-20(16-22(28)26-18(3)17-27)23(29)25-13-14-31-24(30)21(10-5-2)15-19-11-7-6-8-12-19/h4-8,11-12,18,20-21,27H,1-2,9-10,13-17H2,3H3,(H,25,29)(H,26,28)/t18-,20-,21+/m0/s1. The van der Waals surface area contributed by atoms with E-state index in [9.17, 15) is 14.4 Å². The lowest BCUT2D eigenvalue weighted by atomic mass is 9.96. The van der Waals surface area contributed by atoms with E-state index in [-0.39, 0.29) is 55.9 Å². The lowest BCUT2D eigenvalue weighted by Gasteiger charge is -2.18. The largest absolute Gasteiger partial charge is 0.464 e. The molecule has 0 fully saturated rings. The van der Waals surface area contributed by atoms with Crippen LogP contribution in [0, 0.1) is 11.8 Å². The summed E-state index contributed by atoms with van der Waals surface area (Å²) in [4.78, 5) is 36.8. The molecule has 0 aliphatic heterocycles. The number of amides is 2. The number of benzene rings is 1. The van der Waals surface area contributed by atoms with Crippen LogP contribution in [-0.4, -0.2) is 48.7 Å². The van der Waals surface area contributed by atoms with Crippen LogP contribution in [-0.2, 0) is 25.5 Å². The molecule has 0 aliphatic carbocycles. The second kappa shape index (κ2) is 15.0. The summed E-state index contributed by atoms with van der Waals surface area (Å²) in [6.07, 6.45) is 4.66. The molecular weight excluding hydrogens is 396 g/mol. The van der Waals surface area contributed by atoms with Gasteiger partial charge >= 0.3 is 5.97 Å².